The maximum Gasteiger partial charge on any atom is 0.261 e. The Morgan fingerprint density at radius 2 is 1.76 bits per heavy atom. The van der Waals surface area contributed by atoms with Crippen LogP contribution < -0.4 is 10.1 Å². The second-order valence-electron chi connectivity index (χ2n) is 9.07. The number of hydrogen-bond donors (Lipinski definition) is 1. The highest BCUT2D eigenvalue weighted by atomic mass is 79.9. The lowest BCUT2D eigenvalue weighted by Gasteiger charge is -2.31. The van der Waals surface area contributed by atoms with E-state index in [1.807, 2.05) is 57.2 Å². The fraction of sp³-hybridized carbons (Fsp3) is 0.308. The van der Waals surface area contributed by atoms with Crippen molar-refractivity contribution in [2.45, 2.75) is 45.8 Å². The van der Waals surface area contributed by atoms with Crippen LogP contribution in [0.4, 0.5) is 0 Å². The van der Waals surface area contributed by atoms with Crippen LogP contribution in [0.15, 0.2) is 59.1 Å². The summed E-state index contributed by atoms with van der Waals surface area (Å²) in [4.78, 5) is 27.7. The fourth-order valence-corrected chi connectivity index (χ4v) is 4.37. The molecular formula is C26H27BrCl2N2O3. The predicted molar refractivity (Wildman–Crippen MR) is 142 cm³/mol. The predicted octanol–water partition coefficient (Wildman–Crippen LogP) is 6.62. The lowest BCUT2D eigenvalue weighted by molar-refractivity contribution is -0.142. The number of carbonyl (C=O) groups excluding carboxylic acids is 2. The zero-order valence-corrected chi connectivity index (χ0v) is 22.6. The Kier molecular flexibility index (Phi) is 8.50. The molecule has 0 heterocycles. The van der Waals surface area contributed by atoms with E-state index < -0.39 is 11.6 Å². The van der Waals surface area contributed by atoms with Crippen molar-refractivity contribution in [2.75, 3.05) is 6.61 Å². The van der Waals surface area contributed by atoms with Gasteiger partial charge in [-0.2, -0.15) is 0 Å². The van der Waals surface area contributed by atoms with E-state index in [2.05, 4.69) is 21.2 Å². The summed E-state index contributed by atoms with van der Waals surface area (Å²) < 4.78 is 6.65. The molecular weight excluding hydrogens is 539 g/mol. The number of rotatable bonds is 7. The second kappa shape index (κ2) is 11.0. The van der Waals surface area contributed by atoms with Crippen LogP contribution in [0.5, 0.6) is 5.75 Å². The van der Waals surface area contributed by atoms with Crippen LogP contribution in [-0.4, -0.2) is 34.9 Å². The second-order valence-corrected chi connectivity index (χ2v) is 10.7. The molecule has 34 heavy (non-hydrogen) atoms. The number of halogens is 3. The van der Waals surface area contributed by atoms with Gasteiger partial charge in [0.1, 0.15) is 11.8 Å². The molecule has 8 heteroatoms. The van der Waals surface area contributed by atoms with Crippen molar-refractivity contribution >= 4 is 61.7 Å². The van der Waals surface area contributed by atoms with Gasteiger partial charge in [-0.25, -0.2) is 0 Å². The zero-order valence-electron chi connectivity index (χ0n) is 19.5. The molecule has 0 aliphatic carbocycles. The first-order valence-electron chi connectivity index (χ1n) is 10.8. The van der Waals surface area contributed by atoms with Gasteiger partial charge in [0, 0.05) is 12.1 Å². The van der Waals surface area contributed by atoms with Gasteiger partial charge in [-0.05, 0) is 78.2 Å². The average molecular weight is 566 g/mol. The third-order valence-corrected chi connectivity index (χ3v) is 6.74. The van der Waals surface area contributed by atoms with Crippen LogP contribution >= 0.6 is 39.1 Å². The molecule has 5 nitrogen and oxygen atoms in total. The molecule has 0 aliphatic rings. The number of fused-ring (bicyclic) bond motifs is 1. The molecule has 0 radical (unpaired) electrons. The number of nitrogens with one attached hydrogen (secondary N) is 1. The molecule has 1 atom stereocenters. The standard InChI is InChI=1S/C26H27BrCl2N2O3/c1-16(25(33)30-26(2,3)4)31(14-17-9-11-20(28)21(29)13-17)23(32)15-34-22-12-10-18-7-5-6-8-19(18)24(22)27/h5-13,16H,14-15H2,1-4H3,(H,30,33). The third kappa shape index (κ3) is 6.65. The summed E-state index contributed by atoms with van der Waals surface area (Å²) in [5.41, 5.74) is 0.320. The normalized spacial score (nSPS) is 12.3. The summed E-state index contributed by atoms with van der Waals surface area (Å²) >= 11 is 15.8. The van der Waals surface area contributed by atoms with Gasteiger partial charge in [0.25, 0.3) is 5.91 Å². The van der Waals surface area contributed by atoms with Crippen molar-refractivity contribution in [3.8, 4) is 5.75 Å². The summed E-state index contributed by atoms with van der Waals surface area (Å²) in [6.45, 7) is 7.32. The third-order valence-electron chi connectivity index (χ3n) is 5.18. The summed E-state index contributed by atoms with van der Waals surface area (Å²) in [6.07, 6.45) is 0. The highest BCUT2D eigenvalue weighted by molar-refractivity contribution is 9.10. The van der Waals surface area contributed by atoms with Crippen LogP contribution in [0.25, 0.3) is 10.8 Å². The number of nitrogens with zero attached hydrogens (tertiary/aromatic N) is 1. The molecule has 180 valence electrons. The summed E-state index contributed by atoms with van der Waals surface area (Å²) in [5, 5.41) is 5.78. The van der Waals surface area contributed by atoms with Crippen LogP contribution in [0.3, 0.4) is 0 Å². The Bertz CT molecular complexity index is 1210. The van der Waals surface area contributed by atoms with Crippen molar-refractivity contribution in [1.82, 2.24) is 10.2 Å². The monoisotopic (exact) mass is 564 g/mol. The molecule has 2 amide bonds. The van der Waals surface area contributed by atoms with Crippen molar-refractivity contribution < 1.29 is 14.3 Å². The molecule has 1 N–H and O–H groups in total. The molecule has 0 fully saturated rings. The lowest BCUT2D eigenvalue weighted by atomic mass is 10.1. The van der Waals surface area contributed by atoms with E-state index in [9.17, 15) is 9.59 Å². The maximum atomic E-state index is 13.3. The first kappa shape index (κ1) is 26.3. The van der Waals surface area contributed by atoms with Gasteiger partial charge in [-0.3, -0.25) is 9.59 Å². The number of amides is 2. The number of ether oxygens (including phenoxy) is 1. The average Bonchev–Trinajstić information content (AvgIpc) is 2.77. The fourth-order valence-electron chi connectivity index (χ4n) is 3.44. The molecule has 0 saturated heterocycles. The van der Waals surface area contributed by atoms with E-state index in [1.165, 1.54) is 4.90 Å². The van der Waals surface area contributed by atoms with E-state index in [-0.39, 0.29) is 25.0 Å². The van der Waals surface area contributed by atoms with Gasteiger partial charge < -0.3 is 15.0 Å². The van der Waals surface area contributed by atoms with Gasteiger partial charge in [0.15, 0.2) is 6.61 Å². The van der Waals surface area contributed by atoms with Gasteiger partial charge in [0.2, 0.25) is 5.91 Å². The van der Waals surface area contributed by atoms with E-state index in [4.69, 9.17) is 27.9 Å². The minimum atomic E-state index is -0.732. The quantitative estimate of drug-likeness (QED) is 0.350. The molecule has 0 aromatic heterocycles. The molecule has 3 aromatic carbocycles. The minimum absolute atomic E-state index is 0.177. The Morgan fingerprint density at radius 3 is 2.44 bits per heavy atom. The largest absolute Gasteiger partial charge is 0.483 e. The van der Waals surface area contributed by atoms with Crippen LogP contribution in [0.2, 0.25) is 10.0 Å². The molecule has 0 aliphatic heterocycles. The highest BCUT2D eigenvalue weighted by Crippen LogP contribution is 2.33. The first-order chi connectivity index (χ1) is 16.0. The first-order valence-corrected chi connectivity index (χ1v) is 12.4. The Labute approximate surface area is 218 Å². The lowest BCUT2D eigenvalue weighted by Crippen LogP contribution is -2.53. The Morgan fingerprint density at radius 1 is 1.06 bits per heavy atom. The number of benzene rings is 3. The van der Waals surface area contributed by atoms with Gasteiger partial charge in [-0.1, -0.05) is 59.6 Å². The molecule has 0 spiro atoms. The van der Waals surface area contributed by atoms with Crippen LogP contribution in [0, 0.1) is 0 Å². The molecule has 0 saturated carbocycles. The van der Waals surface area contributed by atoms with E-state index >= 15 is 0 Å². The molecule has 1 unspecified atom stereocenters. The SMILES string of the molecule is CC(C(=O)NC(C)(C)C)N(Cc1ccc(Cl)c(Cl)c1)C(=O)COc1ccc2ccccc2c1Br. The Balaban J connectivity index is 1.82. The van der Waals surface area contributed by atoms with Gasteiger partial charge >= 0.3 is 0 Å². The highest BCUT2D eigenvalue weighted by Gasteiger charge is 2.29. The smallest absolute Gasteiger partial charge is 0.261 e. The van der Waals surface area contributed by atoms with Crippen molar-refractivity contribution in [3.05, 3.63) is 74.7 Å². The van der Waals surface area contributed by atoms with Gasteiger partial charge in [0.05, 0.1) is 14.5 Å². The van der Waals surface area contributed by atoms with Crippen molar-refractivity contribution in [1.29, 1.82) is 0 Å². The summed E-state index contributed by atoms with van der Waals surface area (Å²) in [6, 6.07) is 16.1. The van der Waals surface area contributed by atoms with E-state index in [0.29, 0.717) is 15.8 Å². The maximum absolute atomic E-state index is 13.3. The van der Waals surface area contributed by atoms with Crippen LogP contribution in [-0.2, 0) is 16.1 Å². The van der Waals surface area contributed by atoms with Crippen molar-refractivity contribution in [3.63, 3.8) is 0 Å². The number of carbonyl (C=O) groups is 2. The van der Waals surface area contributed by atoms with E-state index in [0.717, 1.165) is 20.8 Å². The van der Waals surface area contributed by atoms with Crippen molar-refractivity contribution in [2.24, 2.45) is 0 Å². The summed E-state index contributed by atoms with van der Waals surface area (Å²) in [7, 11) is 0. The minimum Gasteiger partial charge on any atom is -0.483 e. The molecule has 3 aromatic rings. The topological polar surface area (TPSA) is 58.6 Å². The van der Waals surface area contributed by atoms with E-state index in [1.54, 1.807) is 25.1 Å². The van der Waals surface area contributed by atoms with Gasteiger partial charge in [-0.15, -0.1) is 0 Å². The van der Waals surface area contributed by atoms with Crippen LogP contribution in [0.1, 0.15) is 33.3 Å². The number of hydrogen-bond acceptors (Lipinski definition) is 3. The molecule has 3 rings (SSSR count). The molecule has 0 bridgehead atoms. The zero-order chi connectivity index (χ0) is 25.0. The summed E-state index contributed by atoms with van der Waals surface area (Å²) in [5.74, 6) is -0.0381. The Hall–Kier alpha value is -2.28.